The molecule has 1 N–H and O–H groups in total. The molecule has 0 aliphatic rings. The highest BCUT2D eigenvalue weighted by Crippen LogP contribution is 2.27. The average Bonchev–Trinajstić information content (AvgIpc) is 3.24. The van der Waals surface area contributed by atoms with E-state index in [1.165, 1.54) is 15.6 Å². The monoisotopic (exact) mass is 444 g/mol. The van der Waals surface area contributed by atoms with Crippen molar-refractivity contribution in [1.82, 2.24) is 9.29 Å². The van der Waals surface area contributed by atoms with Gasteiger partial charge in [-0.15, -0.1) is 11.3 Å². The number of thiazole rings is 1. The Kier molecular flexibility index (Phi) is 7.20. The molecule has 0 radical (unpaired) electrons. The predicted octanol–water partition coefficient (Wildman–Crippen LogP) is 4.30. The number of nitrogens with one attached hydrogen (secondary N) is 1. The van der Waals surface area contributed by atoms with Crippen LogP contribution in [0.15, 0.2) is 63.9 Å². The summed E-state index contributed by atoms with van der Waals surface area (Å²) in [5, 5.41) is 6.69. The Balaban J connectivity index is 1.77. The molecule has 158 valence electrons. The fourth-order valence-corrected chi connectivity index (χ4v) is 5.09. The minimum atomic E-state index is -3.52. The Morgan fingerprint density at radius 1 is 1.17 bits per heavy atom. The van der Waals surface area contributed by atoms with Crippen LogP contribution in [-0.4, -0.2) is 44.1 Å². The number of rotatable bonds is 9. The Hall–Kier alpha value is -2.75. The van der Waals surface area contributed by atoms with E-state index in [9.17, 15) is 8.42 Å². The van der Waals surface area contributed by atoms with Crippen LogP contribution in [0.3, 0.4) is 0 Å². The molecule has 2 aromatic carbocycles. The number of para-hydroxylation sites is 1. The third-order valence-electron chi connectivity index (χ3n) is 4.48. The fourth-order valence-electron chi connectivity index (χ4n) is 2.92. The number of aromatic nitrogens is 1. The number of hydrogen-bond acceptors (Lipinski definition) is 7. The van der Waals surface area contributed by atoms with Crippen molar-refractivity contribution in [2.24, 2.45) is 5.10 Å². The summed E-state index contributed by atoms with van der Waals surface area (Å²) in [5.41, 5.74) is 5.18. The van der Waals surface area contributed by atoms with Crippen molar-refractivity contribution in [1.29, 1.82) is 0 Å². The number of hydrazone groups is 1. The lowest BCUT2D eigenvalue weighted by Gasteiger charge is -2.18. The molecule has 9 heteroatoms. The quantitative estimate of drug-likeness (QED) is 0.393. The minimum Gasteiger partial charge on any atom is -0.496 e. The summed E-state index contributed by atoms with van der Waals surface area (Å²) in [6, 6.07) is 14.4. The Morgan fingerprint density at radius 2 is 1.93 bits per heavy atom. The number of sulfonamides is 1. The number of anilines is 1. The van der Waals surface area contributed by atoms with Crippen LogP contribution < -0.4 is 10.2 Å². The maximum atomic E-state index is 12.8. The first kappa shape index (κ1) is 21.9. The van der Waals surface area contributed by atoms with Crippen LogP contribution >= 0.6 is 11.3 Å². The van der Waals surface area contributed by atoms with Gasteiger partial charge in [0.2, 0.25) is 15.2 Å². The van der Waals surface area contributed by atoms with E-state index in [4.69, 9.17) is 4.74 Å². The summed E-state index contributed by atoms with van der Waals surface area (Å²) in [4.78, 5) is 4.78. The standard InChI is InChI=1S/C21H24N4O3S2/c1-4-25(5-2)30(26,27)18-11-8-10-16(13-18)19-15-29-21(23-19)24-22-14-17-9-6-7-12-20(17)28-3/h6-15H,4-5H2,1-3H3,(H,23,24)/b22-14+. The Bertz CT molecular complexity index is 1120. The number of benzene rings is 2. The maximum absolute atomic E-state index is 12.8. The van der Waals surface area contributed by atoms with E-state index in [1.807, 2.05) is 49.6 Å². The van der Waals surface area contributed by atoms with Crippen LogP contribution in [0, 0.1) is 0 Å². The molecular formula is C21H24N4O3S2. The van der Waals surface area contributed by atoms with Crippen molar-refractivity contribution < 1.29 is 13.2 Å². The summed E-state index contributed by atoms with van der Waals surface area (Å²) in [6.45, 7) is 4.51. The summed E-state index contributed by atoms with van der Waals surface area (Å²) >= 11 is 1.39. The zero-order chi connectivity index (χ0) is 21.6. The van der Waals surface area contributed by atoms with Crippen LogP contribution in [0.2, 0.25) is 0 Å². The van der Waals surface area contributed by atoms with Gasteiger partial charge in [0.05, 0.1) is 23.9 Å². The van der Waals surface area contributed by atoms with E-state index in [1.54, 1.807) is 31.5 Å². The first-order valence-corrected chi connectivity index (χ1v) is 11.8. The lowest BCUT2D eigenvalue weighted by molar-refractivity contribution is 0.414. The highest BCUT2D eigenvalue weighted by molar-refractivity contribution is 7.89. The zero-order valence-corrected chi connectivity index (χ0v) is 18.7. The number of methoxy groups -OCH3 is 1. The lowest BCUT2D eigenvalue weighted by Crippen LogP contribution is -2.30. The molecule has 0 fully saturated rings. The molecule has 1 aromatic heterocycles. The first-order chi connectivity index (χ1) is 14.5. The van der Waals surface area contributed by atoms with Gasteiger partial charge < -0.3 is 4.74 Å². The fraction of sp³-hybridized carbons (Fsp3) is 0.238. The van der Waals surface area contributed by atoms with Gasteiger partial charge in [0, 0.05) is 29.6 Å². The van der Waals surface area contributed by atoms with Crippen LogP contribution in [0.25, 0.3) is 11.3 Å². The van der Waals surface area contributed by atoms with Gasteiger partial charge >= 0.3 is 0 Å². The van der Waals surface area contributed by atoms with Crippen molar-refractivity contribution in [3.05, 3.63) is 59.5 Å². The van der Waals surface area contributed by atoms with E-state index in [0.29, 0.717) is 23.9 Å². The van der Waals surface area contributed by atoms with E-state index < -0.39 is 10.0 Å². The van der Waals surface area contributed by atoms with Crippen molar-refractivity contribution >= 4 is 32.7 Å². The lowest BCUT2D eigenvalue weighted by atomic mass is 10.2. The Labute approximate surface area is 181 Å². The summed E-state index contributed by atoms with van der Waals surface area (Å²) in [7, 11) is -1.91. The molecule has 30 heavy (non-hydrogen) atoms. The molecular weight excluding hydrogens is 420 g/mol. The smallest absolute Gasteiger partial charge is 0.243 e. The highest BCUT2D eigenvalue weighted by atomic mass is 32.2. The third kappa shape index (κ3) is 4.86. The van der Waals surface area contributed by atoms with E-state index in [0.717, 1.165) is 16.9 Å². The van der Waals surface area contributed by atoms with Crippen LogP contribution in [0.4, 0.5) is 5.13 Å². The number of ether oxygens (including phenoxy) is 1. The molecule has 0 atom stereocenters. The molecule has 7 nitrogen and oxygen atoms in total. The van der Waals surface area contributed by atoms with Gasteiger partial charge in [-0.1, -0.05) is 38.1 Å². The third-order valence-corrected chi connectivity index (χ3v) is 7.27. The molecule has 0 bridgehead atoms. The van der Waals surface area contributed by atoms with Gasteiger partial charge in [-0.05, 0) is 24.3 Å². The predicted molar refractivity (Wildman–Crippen MR) is 122 cm³/mol. The number of hydrogen-bond donors (Lipinski definition) is 1. The second-order valence-electron chi connectivity index (χ2n) is 6.27. The van der Waals surface area contributed by atoms with Crippen molar-refractivity contribution in [2.75, 3.05) is 25.6 Å². The molecule has 0 amide bonds. The van der Waals surface area contributed by atoms with Gasteiger partial charge in [-0.3, -0.25) is 5.43 Å². The van der Waals surface area contributed by atoms with Crippen LogP contribution in [0.5, 0.6) is 5.75 Å². The molecule has 3 aromatic rings. The molecule has 0 aliphatic heterocycles. The van der Waals surface area contributed by atoms with Crippen LogP contribution in [-0.2, 0) is 10.0 Å². The summed E-state index contributed by atoms with van der Waals surface area (Å²) in [5.74, 6) is 0.731. The maximum Gasteiger partial charge on any atom is 0.243 e. The number of nitrogens with zero attached hydrogens (tertiary/aromatic N) is 3. The molecule has 0 aliphatic carbocycles. The van der Waals surface area contributed by atoms with E-state index in [-0.39, 0.29) is 4.90 Å². The van der Waals surface area contributed by atoms with E-state index >= 15 is 0 Å². The van der Waals surface area contributed by atoms with Gasteiger partial charge in [-0.25, -0.2) is 13.4 Å². The Morgan fingerprint density at radius 3 is 2.67 bits per heavy atom. The first-order valence-electron chi connectivity index (χ1n) is 9.47. The van der Waals surface area contributed by atoms with Crippen LogP contribution in [0.1, 0.15) is 19.4 Å². The summed E-state index contributed by atoms with van der Waals surface area (Å²) < 4.78 is 32.3. The largest absolute Gasteiger partial charge is 0.496 e. The highest BCUT2D eigenvalue weighted by Gasteiger charge is 2.22. The molecule has 0 unspecified atom stereocenters. The van der Waals surface area contributed by atoms with Gasteiger partial charge in [0.15, 0.2) is 0 Å². The van der Waals surface area contributed by atoms with Gasteiger partial charge in [0.25, 0.3) is 0 Å². The molecule has 0 spiro atoms. The molecule has 1 heterocycles. The van der Waals surface area contributed by atoms with Crippen molar-refractivity contribution in [3.63, 3.8) is 0 Å². The molecule has 0 saturated heterocycles. The SMILES string of the molecule is CCN(CC)S(=O)(=O)c1cccc(-c2csc(N/N=C/c3ccccc3OC)n2)c1. The minimum absolute atomic E-state index is 0.264. The second kappa shape index (κ2) is 9.84. The van der Waals surface area contributed by atoms with Gasteiger partial charge in [-0.2, -0.15) is 9.41 Å². The van der Waals surface area contributed by atoms with Gasteiger partial charge in [0.1, 0.15) is 5.75 Å². The topological polar surface area (TPSA) is 83.9 Å². The normalized spacial score (nSPS) is 11.9. The second-order valence-corrected chi connectivity index (χ2v) is 9.06. The molecule has 3 rings (SSSR count). The van der Waals surface area contributed by atoms with Crippen molar-refractivity contribution in [2.45, 2.75) is 18.7 Å². The summed E-state index contributed by atoms with van der Waals surface area (Å²) in [6.07, 6.45) is 1.66. The molecule has 0 saturated carbocycles. The average molecular weight is 445 g/mol. The van der Waals surface area contributed by atoms with Crippen molar-refractivity contribution in [3.8, 4) is 17.0 Å². The van der Waals surface area contributed by atoms with E-state index in [2.05, 4.69) is 15.5 Å². The zero-order valence-electron chi connectivity index (χ0n) is 17.1.